The van der Waals surface area contributed by atoms with Gasteiger partial charge in [0.1, 0.15) is 0 Å². The zero-order chi connectivity index (χ0) is 22.5. The Bertz CT molecular complexity index is 1260. The zero-order valence-electron chi connectivity index (χ0n) is 17.0. The number of nitrogens with zero attached hydrogens (tertiary/aromatic N) is 3. The summed E-state index contributed by atoms with van der Waals surface area (Å²) < 4.78 is 6.50. The average molecular weight is 432 g/mol. The van der Waals surface area contributed by atoms with Crippen LogP contribution in [0.15, 0.2) is 82.1 Å². The van der Waals surface area contributed by atoms with Crippen molar-refractivity contribution in [2.75, 3.05) is 0 Å². The molecule has 0 saturated carbocycles. The quantitative estimate of drug-likeness (QED) is 0.336. The summed E-state index contributed by atoms with van der Waals surface area (Å²) in [5.74, 6) is -0.794. The average Bonchev–Trinajstić information content (AvgIpc) is 3.13. The fraction of sp³-hybridized carbons (Fsp3) is 0.174. The number of carbonyl (C=O) groups excluding carboxylic acids is 1. The molecule has 2 aromatic carbocycles. The Morgan fingerprint density at radius 1 is 1.12 bits per heavy atom. The number of nitrogens with one attached hydrogen (secondary N) is 1. The number of hydrogen-bond acceptors (Lipinski definition) is 6. The summed E-state index contributed by atoms with van der Waals surface area (Å²) in [5, 5.41) is 13.9. The molecule has 1 N–H and O–H groups in total. The molecule has 0 saturated heterocycles. The number of aryl methyl sites for hydroxylation is 1. The normalized spacial score (nSPS) is 11.9. The Balaban J connectivity index is 1.44. The summed E-state index contributed by atoms with van der Waals surface area (Å²) in [6.45, 7) is 0.247. The van der Waals surface area contributed by atoms with Crippen molar-refractivity contribution in [2.24, 2.45) is 0 Å². The van der Waals surface area contributed by atoms with Crippen LogP contribution < -0.4 is 11.1 Å². The van der Waals surface area contributed by atoms with E-state index < -0.39 is 10.7 Å². The third kappa shape index (κ3) is 4.56. The highest BCUT2D eigenvalue weighted by atomic mass is 16.6. The van der Waals surface area contributed by atoms with Crippen LogP contribution >= 0.6 is 0 Å². The molecule has 0 bridgehead atoms. The van der Waals surface area contributed by atoms with Crippen LogP contribution in [0.5, 0.6) is 0 Å². The predicted molar refractivity (Wildman–Crippen MR) is 117 cm³/mol. The number of pyridine rings is 1. The molecule has 9 heteroatoms. The molecule has 0 aliphatic carbocycles. The molecule has 1 atom stereocenters. The van der Waals surface area contributed by atoms with Crippen molar-refractivity contribution in [3.05, 3.63) is 105 Å². The van der Waals surface area contributed by atoms with E-state index in [1.807, 2.05) is 48.5 Å². The van der Waals surface area contributed by atoms with Gasteiger partial charge in [-0.2, -0.15) is 0 Å². The van der Waals surface area contributed by atoms with Gasteiger partial charge in [-0.3, -0.25) is 24.5 Å². The molecule has 1 unspecified atom stereocenters. The van der Waals surface area contributed by atoms with Gasteiger partial charge in [-0.15, -0.1) is 0 Å². The minimum absolute atomic E-state index is 0.146. The van der Waals surface area contributed by atoms with Crippen molar-refractivity contribution in [1.82, 2.24) is 14.9 Å². The van der Waals surface area contributed by atoms with E-state index in [1.165, 1.54) is 22.8 Å². The highest BCUT2D eigenvalue weighted by Gasteiger charge is 2.18. The molecule has 0 radical (unpaired) electrons. The Morgan fingerprint density at radius 3 is 2.62 bits per heavy atom. The molecule has 2 aromatic heterocycles. The number of aromatic nitrogens is 2. The van der Waals surface area contributed by atoms with Crippen molar-refractivity contribution in [2.45, 2.75) is 25.4 Å². The van der Waals surface area contributed by atoms with E-state index in [9.17, 15) is 19.7 Å². The molecule has 0 spiro atoms. The van der Waals surface area contributed by atoms with Crippen LogP contribution in [0.2, 0.25) is 0 Å². The van der Waals surface area contributed by atoms with Gasteiger partial charge < -0.3 is 9.73 Å². The van der Waals surface area contributed by atoms with Gasteiger partial charge in [0.25, 0.3) is 5.69 Å². The minimum atomic E-state index is -0.614. The van der Waals surface area contributed by atoms with Gasteiger partial charge in [-0.1, -0.05) is 36.4 Å². The fourth-order valence-corrected chi connectivity index (χ4v) is 3.53. The van der Waals surface area contributed by atoms with Crippen molar-refractivity contribution >= 4 is 22.7 Å². The largest absolute Gasteiger partial charge is 0.419 e. The summed E-state index contributed by atoms with van der Waals surface area (Å²) in [5.41, 5.74) is 2.09. The Morgan fingerprint density at radius 2 is 1.91 bits per heavy atom. The molecule has 9 nitrogen and oxygen atoms in total. The lowest BCUT2D eigenvalue weighted by atomic mass is 10.0. The number of carbonyl (C=O) groups is 1. The van der Waals surface area contributed by atoms with Gasteiger partial charge in [0, 0.05) is 25.2 Å². The van der Waals surface area contributed by atoms with Gasteiger partial charge in [-0.25, -0.2) is 4.79 Å². The number of rotatable bonds is 8. The first-order valence-corrected chi connectivity index (χ1v) is 10.1. The van der Waals surface area contributed by atoms with E-state index in [2.05, 4.69) is 10.3 Å². The lowest BCUT2D eigenvalue weighted by Crippen LogP contribution is -2.30. The van der Waals surface area contributed by atoms with Crippen LogP contribution in [0.1, 0.15) is 30.1 Å². The second kappa shape index (κ2) is 9.25. The van der Waals surface area contributed by atoms with Crippen molar-refractivity contribution in [3.8, 4) is 0 Å². The van der Waals surface area contributed by atoms with E-state index in [1.54, 1.807) is 6.20 Å². The molecule has 32 heavy (non-hydrogen) atoms. The zero-order valence-corrected chi connectivity index (χ0v) is 17.0. The maximum absolute atomic E-state index is 12.7. The molecular weight excluding hydrogens is 412 g/mol. The summed E-state index contributed by atoms with van der Waals surface area (Å²) in [6.07, 6.45) is 2.25. The molecule has 2 heterocycles. The molecular formula is C23H20N4O5. The number of hydrogen-bond donors (Lipinski definition) is 1. The number of nitro groups is 1. The van der Waals surface area contributed by atoms with Crippen molar-refractivity contribution in [1.29, 1.82) is 0 Å². The lowest BCUT2D eigenvalue weighted by molar-refractivity contribution is -0.384. The lowest BCUT2D eigenvalue weighted by Gasteiger charge is -2.19. The number of nitro benzene ring substituents is 1. The summed E-state index contributed by atoms with van der Waals surface area (Å²) in [6, 6.07) is 18.7. The van der Waals surface area contributed by atoms with E-state index in [0.717, 1.165) is 11.3 Å². The van der Waals surface area contributed by atoms with Gasteiger partial charge in [-0.05, 0) is 30.2 Å². The standard InChI is InChI=1S/C23H20N4O5/c28-21(25-22(16-7-2-1-3-8-16)18-9-4-5-13-24-18)10-6-14-26-19-12-11-17(27(30)31)15-20(19)32-23(26)29/h1-5,7-9,11-13,15,22H,6,10,14H2,(H,25,28). The maximum atomic E-state index is 12.7. The highest BCUT2D eigenvalue weighted by molar-refractivity contribution is 5.77. The van der Waals surface area contributed by atoms with E-state index >= 15 is 0 Å². The monoisotopic (exact) mass is 432 g/mol. The fourth-order valence-electron chi connectivity index (χ4n) is 3.53. The predicted octanol–water partition coefficient (Wildman–Crippen LogP) is 3.58. The first-order valence-electron chi connectivity index (χ1n) is 10.1. The molecule has 0 fully saturated rings. The van der Waals surface area contributed by atoms with Gasteiger partial charge >= 0.3 is 5.76 Å². The summed E-state index contributed by atoms with van der Waals surface area (Å²) in [4.78, 5) is 39.6. The van der Waals surface area contributed by atoms with Gasteiger partial charge in [0.05, 0.1) is 28.2 Å². The number of amides is 1. The van der Waals surface area contributed by atoms with Crippen LogP contribution in [0, 0.1) is 10.1 Å². The molecule has 0 aliphatic heterocycles. The molecule has 1 amide bonds. The first kappa shape index (κ1) is 21.0. The number of non-ortho nitro benzene ring substituents is 1. The van der Waals surface area contributed by atoms with E-state index in [0.29, 0.717) is 11.9 Å². The Labute approximate surface area is 182 Å². The third-order valence-electron chi connectivity index (χ3n) is 5.07. The molecule has 4 aromatic rings. The third-order valence-corrected chi connectivity index (χ3v) is 5.07. The van der Waals surface area contributed by atoms with E-state index in [-0.39, 0.29) is 36.2 Å². The van der Waals surface area contributed by atoms with Gasteiger partial charge in [0.2, 0.25) is 5.91 Å². The van der Waals surface area contributed by atoms with E-state index in [4.69, 9.17) is 4.42 Å². The number of fused-ring (bicyclic) bond motifs is 1. The highest BCUT2D eigenvalue weighted by Crippen LogP contribution is 2.22. The van der Waals surface area contributed by atoms with Gasteiger partial charge in [0.15, 0.2) is 5.58 Å². The van der Waals surface area contributed by atoms with Crippen LogP contribution in [0.25, 0.3) is 11.1 Å². The molecule has 4 rings (SSSR count). The number of benzene rings is 2. The second-order valence-corrected chi connectivity index (χ2v) is 7.20. The van der Waals surface area contributed by atoms with Crippen LogP contribution in [-0.2, 0) is 11.3 Å². The Hall–Kier alpha value is -4.27. The molecule has 0 aliphatic rings. The molecule has 162 valence electrons. The van der Waals surface area contributed by atoms with Crippen LogP contribution in [0.3, 0.4) is 0 Å². The van der Waals surface area contributed by atoms with Crippen LogP contribution in [0.4, 0.5) is 5.69 Å². The number of oxazole rings is 1. The summed E-state index contributed by atoms with van der Waals surface area (Å²) in [7, 11) is 0. The topological polar surface area (TPSA) is 120 Å². The second-order valence-electron chi connectivity index (χ2n) is 7.20. The minimum Gasteiger partial charge on any atom is -0.407 e. The smallest absolute Gasteiger partial charge is 0.407 e. The Kier molecular flexibility index (Phi) is 6.07. The summed E-state index contributed by atoms with van der Waals surface area (Å²) >= 11 is 0. The van der Waals surface area contributed by atoms with Crippen LogP contribution in [-0.4, -0.2) is 20.4 Å². The van der Waals surface area contributed by atoms with Crippen molar-refractivity contribution < 1.29 is 14.1 Å². The maximum Gasteiger partial charge on any atom is 0.419 e. The SMILES string of the molecule is O=C(CCCn1c(=O)oc2cc([N+](=O)[O-])ccc21)NC(c1ccccc1)c1ccccn1. The van der Waals surface area contributed by atoms with Crippen molar-refractivity contribution in [3.63, 3.8) is 0 Å². The first-order chi connectivity index (χ1) is 15.5.